The molecule has 108 valence electrons. The van der Waals surface area contributed by atoms with Crippen LogP contribution in [0.25, 0.3) is 0 Å². The fourth-order valence-electron chi connectivity index (χ4n) is 1.89. The van der Waals surface area contributed by atoms with Crippen molar-refractivity contribution in [1.82, 2.24) is 0 Å². The molecule has 0 fully saturated rings. The van der Waals surface area contributed by atoms with Gasteiger partial charge in [0, 0.05) is 17.9 Å². The Morgan fingerprint density at radius 2 is 1.90 bits per heavy atom. The number of hydrogen-bond donors (Lipinski definition) is 2. The van der Waals surface area contributed by atoms with Crippen molar-refractivity contribution in [2.24, 2.45) is 0 Å². The van der Waals surface area contributed by atoms with Gasteiger partial charge in [-0.1, -0.05) is 12.1 Å². The highest BCUT2D eigenvalue weighted by molar-refractivity contribution is 5.53. The lowest BCUT2D eigenvalue weighted by Crippen LogP contribution is -2.09. The third-order valence-corrected chi connectivity index (χ3v) is 2.89. The second-order valence-electron chi connectivity index (χ2n) is 4.47. The largest absolute Gasteiger partial charge is 0.417 e. The van der Waals surface area contributed by atoms with Crippen LogP contribution in [0.4, 0.5) is 24.5 Å². The third kappa shape index (κ3) is 3.66. The Morgan fingerprint density at radius 1 is 1.14 bits per heavy atom. The van der Waals surface area contributed by atoms with Crippen molar-refractivity contribution >= 4 is 11.4 Å². The van der Waals surface area contributed by atoms with Gasteiger partial charge in [-0.2, -0.15) is 18.4 Å². The van der Waals surface area contributed by atoms with Gasteiger partial charge in [-0.3, -0.25) is 0 Å². The predicted octanol–water partition coefficient (Wildman–Crippen LogP) is 3.77. The first-order valence-corrected chi connectivity index (χ1v) is 6.10. The van der Waals surface area contributed by atoms with Crippen LogP contribution in [0.1, 0.15) is 16.7 Å². The van der Waals surface area contributed by atoms with E-state index < -0.39 is 17.3 Å². The zero-order chi connectivity index (χ0) is 15.5. The fourth-order valence-corrected chi connectivity index (χ4v) is 1.89. The summed E-state index contributed by atoms with van der Waals surface area (Å²) in [6.45, 7) is 0.342. The van der Waals surface area contributed by atoms with Gasteiger partial charge >= 0.3 is 6.18 Å². The van der Waals surface area contributed by atoms with Crippen molar-refractivity contribution in [3.8, 4) is 6.07 Å². The first-order valence-electron chi connectivity index (χ1n) is 6.10. The molecule has 0 saturated carbocycles. The lowest BCUT2D eigenvalue weighted by atomic mass is 10.1. The molecule has 21 heavy (non-hydrogen) atoms. The minimum atomic E-state index is -4.56. The van der Waals surface area contributed by atoms with Crippen molar-refractivity contribution < 1.29 is 13.2 Å². The average Bonchev–Trinajstić information content (AvgIpc) is 2.44. The van der Waals surface area contributed by atoms with Crippen LogP contribution in [0, 0.1) is 11.3 Å². The highest BCUT2D eigenvalue weighted by Gasteiger charge is 2.33. The van der Waals surface area contributed by atoms with Crippen LogP contribution in [-0.4, -0.2) is 0 Å². The minimum Gasteiger partial charge on any atom is -0.399 e. The molecule has 0 aliphatic rings. The maximum Gasteiger partial charge on any atom is 0.417 e. The van der Waals surface area contributed by atoms with Crippen LogP contribution in [0.15, 0.2) is 42.5 Å². The molecule has 0 aliphatic carbocycles. The van der Waals surface area contributed by atoms with Crippen LogP contribution >= 0.6 is 0 Å². The molecule has 0 radical (unpaired) electrons. The van der Waals surface area contributed by atoms with E-state index >= 15 is 0 Å². The van der Waals surface area contributed by atoms with Gasteiger partial charge in [-0.15, -0.1) is 0 Å². The van der Waals surface area contributed by atoms with Crippen LogP contribution in [0.5, 0.6) is 0 Å². The molecule has 6 heteroatoms. The standard InChI is InChI=1S/C15H12F3N3/c16-15(17,18)14-7-13(5-4-11(14)8-19)21-9-10-2-1-3-12(20)6-10/h1-7,21H,9,20H2. The number of rotatable bonds is 3. The summed E-state index contributed by atoms with van der Waals surface area (Å²) in [6, 6.07) is 12.1. The summed E-state index contributed by atoms with van der Waals surface area (Å²) >= 11 is 0. The molecule has 0 spiro atoms. The number of halogens is 3. The van der Waals surface area contributed by atoms with E-state index in [0.29, 0.717) is 17.9 Å². The molecule has 3 nitrogen and oxygen atoms in total. The van der Waals surface area contributed by atoms with Crippen LogP contribution in [-0.2, 0) is 12.7 Å². The first kappa shape index (κ1) is 14.7. The van der Waals surface area contributed by atoms with Crippen LogP contribution < -0.4 is 11.1 Å². The molecule has 2 aromatic rings. The van der Waals surface area contributed by atoms with E-state index in [-0.39, 0.29) is 0 Å². The Balaban J connectivity index is 2.20. The van der Waals surface area contributed by atoms with E-state index in [1.165, 1.54) is 6.07 Å². The number of anilines is 2. The van der Waals surface area contributed by atoms with Gasteiger partial charge in [0.15, 0.2) is 0 Å². The van der Waals surface area contributed by atoms with Crippen molar-refractivity contribution in [2.45, 2.75) is 12.7 Å². The van der Waals surface area contributed by atoms with Gasteiger partial charge < -0.3 is 11.1 Å². The van der Waals surface area contributed by atoms with E-state index in [4.69, 9.17) is 11.0 Å². The zero-order valence-corrected chi connectivity index (χ0v) is 10.9. The van der Waals surface area contributed by atoms with Gasteiger partial charge in [-0.25, -0.2) is 0 Å². The molecule has 0 saturated heterocycles. The Morgan fingerprint density at radius 3 is 2.52 bits per heavy atom. The highest BCUT2D eigenvalue weighted by Crippen LogP contribution is 2.33. The molecule has 2 aromatic carbocycles. The van der Waals surface area contributed by atoms with Gasteiger partial charge in [0.2, 0.25) is 0 Å². The Labute approximate surface area is 119 Å². The van der Waals surface area contributed by atoms with Crippen molar-refractivity contribution in [3.05, 3.63) is 59.2 Å². The van der Waals surface area contributed by atoms with Crippen molar-refractivity contribution in [2.75, 3.05) is 11.1 Å². The molecule has 0 atom stereocenters. The second-order valence-corrected chi connectivity index (χ2v) is 4.47. The highest BCUT2D eigenvalue weighted by atomic mass is 19.4. The Hall–Kier alpha value is -2.68. The zero-order valence-electron chi connectivity index (χ0n) is 10.9. The number of nitrogens with one attached hydrogen (secondary N) is 1. The number of benzene rings is 2. The van der Waals surface area contributed by atoms with Gasteiger partial charge in [-0.05, 0) is 35.9 Å². The summed E-state index contributed by atoms with van der Waals surface area (Å²) in [4.78, 5) is 0. The average molecular weight is 291 g/mol. The molecule has 0 aliphatic heterocycles. The normalized spacial score (nSPS) is 11.0. The fraction of sp³-hybridized carbons (Fsp3) is 0.133. The number of nitrogens with zero attached hydrogens (tertiary/aromatic N) is 1. The number of nitriles is 1. The molecular formula is C15H12F3N3. The summed E-state index contributed by atoms with van der Waals surface area (Å²) < 4.78 is 38.5. The number of nitrogen functional groups attached to an aromatic ring is 1. The van der Waals surface area contributed by atoms with E-state index in [1.54, 1.807) is 24.3 Å². The Kier molecular flexibility index (Phi) is 4.03. The summed E-state index contributed by atoms with van der Waals surface area (Å²) in [5, 5.41) is 11.6. The lowest BCUT2D eigenvalue weighted by molar-refractivity contribution is -0.137. The summed E-state index contributed by atoms with van der Waals surface area (Å²) in [7, 11) is 0. The number of hydrogen-bond acceptors (Lipinski definition) is 3. The predicted molar refractivity (Wildman–Crippen MR) is 74.3 cm³/mol. The number of alkyl halides is 3. The maximum atomic E-state index is 12.8. The Bertz CT molecular complexity index is 687. The topological polar surface area (TPSA) is 61.8 Å². The second kappa shape index (κ2) is 5.75. The summed E-state index contributed by atoms with van der Waals surface area (Å²) in [5.41, 5.74) is 6.04. The lowest BCUT2D eigenvalue weighted by Gasteiger charge is -2.12. The summed E-state index contributed by atoms with van der Waals surface area (Å²) in [6.07, 6.45) is -4.56. The van der Waals surface area contributed by atoms with Crippen LogP contribution in [0.2, 0.25) is 0 Å². The van der Waals surface area contributed by atoms with Gasteiger partial charge in [0.1, 0.15) is 0 Å². The van der Waals surface area contributed by atoms with E-state index in [1.807, 2.05) is 6.07 Å². The number of nitrogens with two attached hydrogens (primary N) is 1. The molecule has 0 aromatic heterocycles. The van der Waals surface area contributed by atoms with E-state index in [9.17, 15) is 13.2 Å². The molecule has 0 unspecified atom stereocenters. The summed E-state index contributed by atoms with van der Waals surface area (Å²) in [5.74, 6) is 0. The van der Waals surface area contributed by atoms with Crippen molar-refractivity contribution in [3.63, 3.8) is 0 Å². The smallest absolute Gasteiger partial charge is 0.399 e. The first-order chi connectivity index (χ1) is 9.90. The third-order valence-electron chi connectivity index (χ3n) is 2.89. The maximum absolute atomic E-state index is 12.8. The molecule has 0 heterocycles. The van der Waals surface area contributed by atoms with Crippen LogP contribution in [0.3, 0.4) is 0 Å². The quantitative estimate of drug-likeness (QED) is 0.846. The van der Waals surface area contributed by atoms with Crippen molar-refractivity contribution in [1.29, 1.82) is 5.26 Å². The molecular weight excluding hydrogens is 279 g/mol. The molecule has 3 N–H and O–H groups in total. The van der Waals surface area contributed by atoms with E-state index in [2.05, 4.69) is 5.32 Å². The molecule has 2 rings (SSSR count). The monoisotopic (exact) mass is 291 g/mol. The SMILES string of the molecule is N#Cc1ccc(NCc2cccc(N)c2)cc1C(F)(F)F. The van der Waals surface area contributed by atoms with Gasteiger partial charge in [0.25, 0.3) is 0 Å². The minimum absolute atomic E-state index is 0.295. The molecule has 0 bridgehead atoms. The molecule has 0 amide bonds. The van der Waals surface area contributed by atoms with Gasteiger partial charge in [0.05, 0.1) is 17.2 Å². The van der Waals surface area contributed by atoms with E-state index in [0.717, 1.165) is 17.7 Å².